The van der Waals surface area contributed by atoms with Gasteiger partial charge in [0.2, 0.25) is 0 Å². The number of rotatable bonds is 3. The van der Waals surface area contributed by atoms with Crippen molar-refractivity contribution in [3.05, 3.63) is 36.8 Å². The lowest BCUT2D eigenvalue weighted by Crippen LogP contribution is -2.42. The Balaban J connectivity index is 1.70. The molecule has 8 nitrogen and oxygen atoms in total. The number of nitrogens with two attached hydrogens (primary N) is 1. The molecule has 3 aromatic rings. The first kappa shape index (κ1) is 16.2. The first-order chi connectivity index (χ1) is 13.3. The van der Waals surface area contributed by atoms with E-state index < -0.39 is 0 Å². The smallest absolute Gasteiger partial charge is 0.163 e. The van der Waals surface area contributed by atoms with Gasteiger partial charge in [0.15, 0.2) is 17.5 Å². The molecular weight excluding hydrogens is 340 g/mol. The van der Waals surface area contributed by atoms with Crippen LogP contribution in [0.25, 0.3) is 17.1 Å². The second-order valence-corrected chi connectivity index (χ2v) is 7.19. The molecule has 1 aliphatic heterocycles. The fourth-order valence-electron chi connectivity index (χ4n) is 4.38. The SMILES string of the molecule is CCC1c2nncn2-c2cnc(-c3ccncc3N)nc2N1C1CCCC1. The zero-order valence-corrected chi connectivity index (χ0v) is 15.3. The van der Waals surface area contributed by atoms with Crippen LogP contribution in [0.1, 0.15) is 50.9 Å². The van der Waals surface area contributed by atoms with Gasteiger partial charge in [-0.2, -0.15) is 0 Å². The summed E-state index contributed by atoms with van der Waals surface area (Å²) in [4.78, 5) is 16.1. The molecule has 4 heterocycles. The van der Waals surface area contributed by atoms with Gasteiger partial charge < -0.3 is 10.6 Å². The van der Waals surface area contributed by atoms with Gasteiger partial charge in [-0.25, -0.2) is 9.97 Å². The molecule has 1 atom stereocenters. The first-order valence-corrected chi connectivity index (χ1v) is 9.53. The normalized spacial score (nSPS) is 19.1. The van der Waals surface area contributed by atoms with Crippen LogP contribution in [0.15, 0.2) is 31.0 Å². The van der Waals surface area contributed by atoms with Gasteiger partial charge in [0.1, 0.15) is 12.0 Å². The minimum Gasteiger partial charge on any atom is -0.397 e. The Bertz CT molecular complexity index is 975. The van der Waals surface area contributed by atoms with Crippen LogP contribution in [0.4, 0.5) is 11.5 Å². The van der Waals surface area contributed by atoms with E-state index in [9.17, 15) is 0 Å². The predicted octanol–water partition coefficient (Wildman–Crippen LogP) is 2.92. The van der Waals surface area contributed by atoms with Gasteiger partial charge >= 0.3 is 0 Å². The second kappa shape index (κ2) is 6.29. The molecule has 0 radical (unpaired) electrons. The van der Waals surface area contributed by atoms with Crippen LogP contribution in [0, 0.1) is 0 Å². The largest absolute Gasteiger partial charge is 0.397 e. The average Bonchev–Trinajstić information content (AvgIpc) is 3.38. The molecule has 138 valence electrons. The van der Waals surface area contributed by atoms with Crippen LogP contribution in [0.3, 0.4) is 0 Å². The van der Waals surface area contributed by atoms with Crippen LogP contribution in [-0.4, -0.2) is 35.8 Å². The van der Waals surface area contributed by atoms with Crippen LogP contribution in [0.5, 0.6) is 0 Å². The highest BCUT2D eigenvalue weighted by Gasteiger charge is 2.38. The van der Waals surface area contributed by atoms with Crippen molar-refractivity contribution >= 4 is 11.5 Å². The number of nitrogens with zero attached hydrogens (tertiary/aromatic N) is 7. The molecule has 1 unspecified atom stereocenters. The molecular formula is C19H22N8. The van der Waals surface area contributed by atoms with Gasteiger partial charge in [0.05, 0.1) is 24.1 Å². The molecule has 2 N–H and O–H groups in total. The molecule has 1 saturated carbocycles. The minimum atomic E-state index is 0.167. The summed E-state index contributed by atoms with van der Waals surface area (Å²) < 4.78 is 2.02. The van der Waals surface area contributed by atoms with E-state index in [1.165, 1.54) is 25.7 Å². The Morgan fingerprint density at radius 2 is 2.07 bits per heavy atom. The molecule has 1 fully saturated rings. The third kappa shape index (κ3) is 2.47. The van der Waals surface area contributed by atoms with Crippen molar-refractivity contribution in [1.82, 2.24) is 29.7 Å². The van der Waals surface area contributed by atoms with Gasteiger partial charge in [-0.3, -0.25) is 9.55 Å². The van der Waals surface area contributed by atoms with Crippen molar-refractivity contribution in [2.75, 3.05) is 10.6 Å². The quantitative estimate of drug-likeness (QED) is 0.765. The van der Waals surface area contributed by atoms with E-state index in [0.29, 0.717) is 17.6 Å². The zero-order valence-electron chi connectivity index (χ0n) is 15.3. The molecule has 8 heteroatoms. The lowest BCUT2D eigenvalue weighted by Gasteiger charge is -2.40. The van der Waals surface area contributed by atoms with E-state index in [4.69, 9.17) is 10.7 Å². The van der Waals surface area contributed by atoms with E-state index >= 15 is 0 Å². The second-order valence-electron chi connectivity index (χ2n) is 7.19. The molecule has 5 rings (SSSR count). The van der Waals surface area contributed by atoms with E-state index in [0.717, 1.165) is 29.3 Å². The van der Waals surface area contributed by atoms with Gasteiger partial charge in [0, 0.05) is 17.8 Å². The summed E-state index contributed by atoms with van der Waals surface area (Å²) >= 11 is 0. The number of nitrogen functional groups attached to an aromatic ring is 1. The van der Waals surface area contributed by atoms with Gasteiger partial charge in [0.25, 0.3) is 0 Å². The molecule has 27 heavy (non-hydrogen) atoms. The van der Waals surface area contributed by atoms with E-state index in [2.05, 4.69) is 32.0 Å². The maximum atomic E-state index is 6.12. The summed E-state index contributed by atoms with van der Waals surface area (Å²) in [6.45, 7) is 2.19. The van der Waals surface area contributed by atoms with E-state index in [1.54, 1.807) is 18.7 Å². The summed E-state index contributed by atoms with van der Waals surface area (Å²) in [7, 11) is 0. The number of aromatic nitrogens is 6. The summed E-state index contributed by atoms with van der Waals surface area (Å²) in [5.41, 5.74) is 8.44. The maximum absolute atomic E-state index is 6.12. The fourth-order valence-corrected chi connectivity index (χ4v) is 4.38. The van der Waals surface area contributed by atoms with Crippen molar-refractivity contribution in [2.45, 2.75) is 51.1 Å². The molecule has 0 aromatic carbocycles. The molecule has 0 saturated heterocycles. The van der Waals surface area contributed by atoms with E-state index in [-0.39, 0.29) is 6.04 Å². The number of anilines is 2. The maximum Gasteiger partial charge on any atom is 0.163 e. The van der Waals surface area contributed by atoms with Gasteiger partial charge in [-0.15, -0.1) is 10.2 Å². The predicted molar refractivity (Wildman–Crippen MR) is 102 cm³/mol. The Kier molecular flexibility index (Phi) is 3.77. The highest BCUT2D eigenvalue weighted by molar-refractivity contribution is 5.73. The Morgan fingerprint density at radius 1 is 1.22 bits per heavy atom. The number of pyridine rings is 1. The summed E-state index contributed by atoms with van der Waals surface area (Å²) in [6.07, 6.45) is 12.8. The Hall–Kier alpha value is -3.03. The standard InChI is InChI=1S/C19H22N8/c1-2-15-19-25-23-11-26(19)16-10-22-17(13-7-8-21-9-14(13)20)24-18(16)27(15)12-5-3-4-6-12/h7-12,15H,2-6,20H2,1H3. The van der Waals surface area contributed by atoms with Gasteiger partial charge in [-0.05, 0) is 25.3 Å². The number of hydrogen-bond acceptors (Lipinski definition) is 7. The van der Waals surface area contributed by atoms with E-state index in [1.807, 2.05) is 16.8 Å². The van der Waals surface area contributed by atoms with Crippen LogP contribution in [-0.2, 0) is 0 Å². The highest BCUT2D eigenvalue weighted by Crippen LogP contribution is 2.43. The lowest BCUT2D eigenvalue weighted by molar-refractivity contribution is 0.469. The number of hydrogen-bond donors (Lipinski definition) is 1. The zero-order chi connectivity index (χ0) is 18.4. The highest BCUT2D eigenvalue weighted by atomic mass is 15.4. The Morgan fingerprint density at radius 3 is 2.85 bits per heavy atom. The fraction of sp³-hybridized carbons (Fsp3) is 0.421. The van der Waals surface area contributed by atoms with Crippen LogP contribution >= 0.6 is 0 Å². The van der Waals surface area contributed by atoms with Crippen molar-refractivity contribution in [3.63, 3.8) is 0 Å². The molecule has 0 bridgehead atoms. The third-order valence-electron chi connectivity index (χ3n) is 5.66. The monoisotopic (exact) mass is 362 g/mol. The average molecular weight is 362 g/mol. The van der Waals surface area contributed by atoms with Crippen LogP contribution in [0.2, 0.25) is 0 Å². The summed E-state index contributed by atoms with van der Waals surface area (Å²) in [6, 6.07) is 2.50. The molecule has 2 aliphatic rings. The minimum absolute atomic E-state index is 0.167. The number of fused-ring (bicyclic) bond motifs is 3. The first-order valence-electron chi connectivity index (χ1n) is 9.53. The van der Waals surface area contributed by atoms with Crippen molar-refractivity contribution in [2.24, 2.45) is 0 Å². The third-order valence-corrected chi connectivity index (χ3v) is 5.66. The molecule has 1 aliphatic carbocycles. The van der Waals surface area contributed by atoms with Crippen molar-refractivity contribution in [3.8, 4) is 17.1 Å². The lowest BCUT2D eigenvalue weighted by atomic mass is 10.0. The summed E-state index contributed by atoms with van der Waals surface area (Å²) in [5, 5.41) is 8.57. The van der Waals surface area contributed by atoms with Crippen molar-refractivity contribution in [1.29, 1.82) is 0 Å². The Labute approximate surface area is 157 Å². The van der Waals surface area contributed by atoms with Gasteiger partial charge in [-0.1, -0.05) is 19.8 Å². The van der Waals surface area contributed by atoms with Crippen LogP contribution < -0.4 is 10.6 Å². The topological polar surface area (TPSA) is 98.6 Å². The van der Waals surface area contributed by atoms with Crippen molar-refractivity contribution < 1.29 is 0 Å². The molecule has 3 aromatic heterocycles. The summed E-state index contributed by atoms with van der Waals surface area (Å²) in [5.74, 6) is 2.54. The molecule has 0 spiro atoms. The molecule has 0 amide bonds.